The maximum Gasteiger partial charge on any atom is 0.251 e. The summed E-state index contributed by atoms with van der Waals surface area (Å²) >= 11 is 10.3. The average Bonchev–Trinajstić information content (AvgIpc) is 2.75. The van der Waals surface area contributed by atoms with E-state index >= 15 is 0 Å². The van der Waals surface area contributed by atoms with Crippen molar-refractivity contribution in [3.8, 4) is 0 Å². The first kappa shape index (κ1) is 16.6. The normalized spacial score (nSPS) is 23.4. The Morgan fingerprint density at radius 3 is 2.23 bits per heavy atom. The van der Waals surface area contributed by atoms with E-state index in [0.717, 1.165) is 4.47 Å². The third-order valence-corrected chi connectivity index (χ3v) is 5.48. The number of amides is 2. The van der Waals surface area contributed by atoms with Crippen LogP contribution in [0.2, 0.25) is 0 Å². The summed E-state index contributed by atoms with van der Waals surface area (Å²) in [6.07, 6.45) is 0.216. The number of carbonyl (C=O) groups is 2. The molecule has 2 fully saturated rings. The lowest BCUT2D eigenvalue weighted by Crippen LogP contribution is -2.47. The summed E-state index contributed by atoms with van der Waals surface area (Å²) in [5.74, 6) is -0.346. The zero-order chi connectivity index (χ0) is 15.9. The fraction of sp³-hybridized carbons (Fsp3) is 0.429. The van der Waals surface area contributed by atoms with Crippen LogP contribution in [0.3, 0.4) is 0 Å². The van der Waals surface area contributed by atoms with E-state index in [9.17, 15) is 9.59 Å². The number of hydrogen-bond donors (Lipinski definition) is 0. The SMILES string of the molecule is O=C1CC(N2CCOCC2)C(=O)N1c1c(Br)cc(Br)cc1Br. The van der Waals surface area contributed by atoms with E-state index in [2.05, 4.69) is 47.8 Å². The number of nitrogens with zero attached hydrogens (tertiary/aromatic N) is 2. The van der Waals surface area contributed by atoms with Gasteiger partial charge in [-0.2, -0.15) is 0 Å². The van der Waals surface area contributed by atoms with E-state index in [0.29, 0.717) is 40.9 Å². The number of halogens is 3. The molecule has 1 unspecified atom stereocenters. The second-order valence-electron chi connectivity index (χ2n) is 5.15. The minimum absolute atomic E-state index is 0.171. The number of rotatable bonds is 2. The molecule has 1 aromatic rings. The number of hydrogen-bond acceptors (Lipinski definition) is 4. The Hall–Kier alpha value is -0.280. The molecule has 2 amide bonds. The third-order valence-electron chi connectivity index (χ3n) is 3.81. The summed E-state index contributed by atoms with van der Waals surface area (Å²) in [7, 11) is 0. The van der Waals surface area contributed by atoms with Crippen molar-refractivity contribution in [2.75, 3.05) is 31.2 Å². The van der Waals surface area contributed by atoms with Gasteiger partial charge in [0.1, 0.15) is 0 Å². The van der Waals surface area contributed by atoms with Gasteiger partial charge in [0.15, 0.2) is 0 Å². The largest absolute Gasteiger partial charge is 0.379 e. The summed E-state index contributed by atoms with van der Waals surface area (Å²) in [5, 5.41) is 0. The minimum atomic E-state index is -0.390. The molecule has 0 saturated carbocycles. The summed E-state index contributed by atoms with van der Waals surface area (Å²) in [4.78, 5) is 28.5. The molecule has 1 atom stereocenters. The van der Waals surface area contributed by atoms with Crippen molar-refractivity contribution in [1.29, 1.82) is 0 Å². The van der Waals surface area contributed by atoms with Gasteiger partial charge in [-0.1, -0.05) is 15.9 Å². The predicted octanol–water partition coefficient (Wildman–Crippen LogP) is 2.94. The summed E-state index contributed by atoms with van der Waals surface area (Å²) in [5.41, 5.74) is 0.564. The van der Waals surface area contributed by atoms with Gasteiger partial charge < -0.3 is 4.74 Å². The number of morpholine rings is 1. The maximum atomic E-state index is 12.8. The van der Waals surface area contributed by atoms with Crippen LogP contribution in [0, 0.1) is 0 Å². The second kappa shape index (κ2) is 6.68. The number of anilines is 1. The lowest BCUT2D eigenvalue weighted by molar-refractivity contribution is -0.123. The second-order valence-corrected chi connectivity index (χ2v) is 7.78. The van der Waals surface area contributed by atoms with Crippen LogP contribution in [0.25, 0.3) is 0 Å². The number of ether oxygens (including phenoxy) is 1. The predicted molar refractivity (Wildman–Crippen MR) is 92.8 cm³/mol. The molecule has 8 heteroatoms. The van der Waals surface area contributed by atoms with E-state index in [4.69, 9.17) is 4.74 Å². The van der Waals surface area contributed by atoms with Gasteiger partial charge in [-0.25, -0.2) is 4.90 Å². The zero-order valence-corrected chi connectivity index (χ0v) is 16.3. The summed E-state index contributed by atoms with van der Waals surface area (Å²) in [6.45, 7) is 2.56. The molecule has 2 aliphatic heterocycles. The van der Waals surface area contributed by atoms with Gasteiger partial charge in [-0.15, -0.1) is 0 Å². The smallest absolute Gasteiger partial charge is 0.251 e. The van der Waals surface area contributed by atoms with Gasteiger partial charge in [0.05, 0.1) is 31.4 Å². The van der Waals surface area contributed by atoms with E-state index in [1.807, 2.05) is 17.0 Å². The quantitative estimate of drug-likeness (QED) is 0.591. The van der Waals surface area contributed by atoms with E-state index in [1.54, 1.807) is 0 Å². The van der Waals surface area contributed by atoms with Crippen molar-refractivity contribution in [2.24, 2.45) is 0 Å². The molecule has 0 N–H and O–H groups in total. The highest BCUT2D eigenvalue weighted by Gasteiger charge is 2.44. The Balaban J connectivity index is 1.92. The van der Waals surface area contributed by atoms with Crippen molar-refractivity contribution in [2.45, 2.75) is 12.5 Å². The first-order chi connectivity index (χ1) is 10.5. The lowest BCUT2D eigenvalue weighted by atomic mass is 10.2. The molecule has 2 saturated heterocycles. The molecular weight excluding hydrogens is 484 g/mol. The molecular formula is C14H13Br3N2O3. The van der Waals surface area contributed by atoms with Gasteiger partial charge in [0, 0.05) is 26.5 Å². The molecule has 3 rings (SSSR count). The molecule has 0 bridgehead atoms. The summed E-state index contributed by atoms with van der Waals surface area (Å²) in [6, 6.07) is 3.25. The molecule has 2 aliphatic rings. The monoisotopic (exact) mass is 494 g/mol. The Morgan fingerprint density at radius 2 is 1.64 bits per heavy atom. The van der Waals surface area contributed by atoms with Crippen molar-refractivity contribution < 1.29 is 14.3 Å². The minimum Gasteiger partial charge on any atom is -0.379 e. The molecule has 5 nitrogen and oxygen atoms in total. The van der Waals surface area contributed by atoms with Crippen LogP contribution in [-0.4, -0.2) is 49.1 Å². The third kappa shape index (κ3) is 3.03. The first-order valence-corrected chi connectivity index (χ1v) is 9.20. The van der Waals surface area contributed by atoms with Crippen LogP contribution in [0.5, 0.6) is 0 Å². The van der Waals surface area contributed by atoms with Crippen molar-refractivity contribution in [1.82, 2.24) is 4.90 Å². The van der Waals surface area contributed by atoms with Gasteiger partial charge in [-0.3, -0.25) is 14.5 Å². The zero-order valence-electron chi connectivity index (χ0n) is 11.5. The van der Waals surface area contributed by atoms with Gasteiger partial charge in [0.25, 0.3) is 5.91 Å². The standard InChI is InChI=1S/C14H13Br3N2O3/c15-8-5-9(16)13(10(17)6-8)19-12(20)7-11(14(19)21)18-1-3-22-4-2-18/h5-6,11H,1-4,7H2. The molecule has 0 spiro atoms. The molecule has 0 radical (unpaired) electrons. The number of imide groups is 1. The molecule has 118 valence electrons. The Morgan fingerprint density at radius 1 is 1.05 bits per heavy atom. The van der Waals surface area contributed by atoms with Crippen LogP contribution in [-0.2, 0) is 14.3 Å². The lowest BCUT2D eigenvalue weighted by Gasteiger charge is -2.30. The maximum absolute atomic E-state index is 12.8. The van der Waals surface area contributed by atoms with Crippen molar-refractivity contribution in [3.63, 3.8) is 0 Å². The number of carbonyl (C=O) groups excluding carboxylic acids is 2. The number of benzene rings is 1. The van der Waals surface area contributed by atoms with Crippen LogP contribution in [0.1, 0.15) is 6.42 Å². The van der Waals surface area contributed by atoms with E-state index in [-0.39, 0.29) is 24.3 Å². The van der Waals surface area contributed by atoms with Crippen LogP contribution < -0.4 is 4.90 Å². The Kier molecular flexibility index (Phi) is 5.04. The van der Waals surface area contributed by atoms with E-state index < -0.39 is 0 Å². The van der Waals surface area contributed by atoms with Crippen molar-refractivity contribution in [3.05, 3.63) is 25.6 Å². The highest BCUT2D eigenvalue weighted by atomic mass is 79.9. The average molecular weight is 497 g/mol. The Labute approximate surface area is 153 Å². The molecule has 0 aromatic heterocycles. The van der Waals surface area contributed by atoms with Crippen molar-refractivity contribution >= 4 is 65.3 Å². The topological polar surface area (TPSA) is 49.9 Å². The fourth-order valence-electron chi connectivity index (χ4n) is 2.77. The van der Waals surface area contributed by atoms with Gasteiger partial charge in [-0.05, 0) is 44.0 Å². The van der Waals surface area contributed by atoms with Crippen LogP contribution in [0.15, 0.2) is 25.6 Å². The fourth-order valence-corrected chi connectivity index (χ4v) is 5.39. The van der Waals surface area contributed by atoms with Crippen LogP contribution >= 0.6 is 47.8 Å². The molecule has 22 heavy (non-hydrogen) atoms. The van der Waals surface area contributed by atoms with E-state index in [1.165, 1.54) is 4.90 Å². The highest BCUT2D eigenvalue weighted by Crippen LogP contribution is 2.40. The molecule has 0 aliphatic carbocycles. The Bertz CT molecular complexity index is 609. The molecule has 1 aromatic carbocycles. The first-order valence-electron chi connectivity index (χ1n) is 6.82. The van der Waals surface area contributed by atoms with Gasteiger partial charge >= 0.3 is 0 Å². The highest BCUT2D eigenvalue weighted by molar-refractivity contribution is 9.11. The molecule has 2 heterocycles. The van der Waals surface area contributed by atoms with Crippen LogP contribution in [0.4, 0.5) is 5.69 Å². The summed E-state index contributed by atoms with van der Waals surface area (Å²) < 4.78 is 7.56. The van der Waals surface area contributed by atoms with Gasteiger partial charge in [0.2, 0.25) is 5.91 Å².